The van der Waals surface area contributed by atoms with Gasteiger partial charge in [-0.15, -0.1) is 0 Å². The van der Waals surface area contributed by atoms with E-state index in [1.54, 1.807) is 12.1 Å². The summed E-state index contributed by atoms with van der Waals surface area (Å²) in [7, 11) is -4.27. The minimum Gasteiger partial charge on any atom is -0.744 e. The zero-order valence-corrected chi connectivity index (χ0v) is 28.3. The number of benzene rings is 1. The lowest BCUT2D eigenvalue weighted by Gasteiger charge is -2.05. The molecule has 1 heterocycles. The molecule has 10 heteroatoms. The summed E-state index contributed by atoms with van der Waals surface area (Å²) in [5, 5.41) is 6.04. The van der Waals surface area contributed by atoms with Crippen LogP contribution in [0.3, 0.4) is 0 Å². The van der Waals surface area contributed by atoms with Gasteiger partial charge in [-0.2, -0.15) is 0 Å². The Bertz CT molecular complexity index is 1080. The van der Waals surface area contributed by atoms with Crippen LogP contribution in [0.4, 0.5) is 0 Å². The number of hydrogen-bond acceptors (Lipinski definition) is 5. The summed E-state index contributed by atoms with van der Waals surface area (Å²) < 4.78 is 35.3. The van der Waals surface area contributed by atoms with E-state index in [4.69, 9.17) is 0 Å². The Hall–Kier alpha value is -2.72. The standard InChI is InChI=1S/C27H50N4O2.C7H8O3S/c1-3-5-7-9-11-13-15-17-26(32)28-19-21-30-23-24-31(25-30)22-20-29-27(33)18-16-14-12-10-8-6-4-2;1-6-2-4-7(5-3-6)11(8,9)10/h23-25H,3-22H2,1-2H3,(H-,28,29,32,33);2-5H,1H3,(H,8,9,10). The molecule has 0 aliphatic heterocycles. The number of aromatic nitrogens is 2. The van der Waals surface area contributed by atoms with Crippen molar-refractivity contribution in [3.8, 4) is 0 Å². The van der Waals surface area contributed by atoms with E-state index in [-0.39, 0.29) is 16.7 Å². The van der Waals surface area contributed by atoms with Gasteiger partial charge in [-0.3, -0.25) is 9.59 Å². The highest BCUT2D eigenvalue weighted by atomic mass is 32.2. The predicted molar refractivity (Wildman–Crippen MR) is 175 cm³/mol. The van der Waals surface area contributed by atoms with Gasteiger partial charge in [0.1, 0.15) is 35.6 Å². The molecule has 1 aromatic carbocycles. The van der Waals surface area contributed by atoms with E-state index in [0.717, 1.165) is 44.3 Å². The van der Waals surface area contributed by atoms with Gasteiger partial charge in [0.15, 0.2) is 0 Å². The molecule has 0 unspecified atom stereocenters. The summed E-state index contributed by atoms with van der Waals surface area (Å²) in [5.41, 5.74) is 0.928. The van der Waals surface area contributed by atoms with Crippen LogP contribution in [0.1, 0.15) is 122 Å². The number of hydrogen-bond donors (Lipinski definition) is 2. The molecule has 0 fully saturated rings. The molecule has 0 radical (unpaired) electrons. The van der Waals surface area contributed by atoms with Crippen LogP contribution >= 0.6 is 0 Å². The average Bonchev–Trinajstić information content (AvgIpc) is 3.43. The number of amides is 2. The van der Waals surface area contributed by atoms with E-state index >= 15 is 0 Å². The van der Waals surface area contributed by atoms with E-state index in [1.165, 1.54) is 76.3 Å². The zero-order chi connectivity index (χ0) is 32.5. The van der Waals surface area contributed by atoms with Gasteiger partial charge in [0, 0.05) is 12.8 Å². The number of unbranched alkanes of at least 4 members (excludes halogenated alkanes) is 12. The van der Waals surface area contributed by atoms with E-state index in [0.29, 0.717) is 25.9 Å². The molecule has 0 spiro atoms. The van der Waals surface area contributed by atoms with Gasteiger partial charge in [0.2, 0.25) is 18.1 Å². The van der Waals surface area contributed by atoms with E-state index in [2.05, 4.69) is 33.6 Å². The first kappa shape index (κ1) is 39.3. The van der Waals surface area contributed by atoms with Gasteiger partial charge in [-0.25, -0.2) is 17.6 Å². The maximum Gasteiger partial charge on any atom is 0.243 e. The van der Waals surface area contributed by atoms with Crippen LogP contribution < -0.4 is 15.2 Å². The Morgan fingerprint density at radius 1 is 0.750 bits per heavy atom. The number of imidazole rings is 1. The Morgan fingerprint density at radius 2 is 1.23 bits per heavy atom. The Morgan fingerprint density at radius 3 is 1.73 bits per heavy atom. The third kappa shape index (κ3) is 21.1. The zero-order valence-electron chi connectivity index (χ0n) is 27.5. The topological polar surface area (TPSA) is 124 Å². The number of nitrogens with one attached hydrogen (secondary N) is 2. The molecule has 2 amide bonds. The molecular formula is C34H58N4O5S. The van der Waals surface area contributed by atoms with Crippen LogP contribution in [0.15, 0.2) is 47.9 Å². The first-order valence-corrected chi connectivity index (χ1v) is 18.2. The number of rotatable bonds is 23. The van der Waals surface area contributed by atoms with Gasteiger partial charge in [-0.05, 0) is 31.9 Å². The van der Waals surface area contributed by atoms with Crippen LogP contribution in [-0.2, 0) is 32.8 Å². The first-order chi connectivity index (χ1) is 21.2. The molecule has 0 aliphatic rings. The average molecular weight is 635 g/mol. The maximum atomic E-state index is 12.0. The van der Waals surface area contributed by atoms with Crippen LogP contribution in [0.25, 0.3) is 0 Å². The molecule has 0 atom stereocenters. The fourth-order valence-corrected chi connectivity index (χ4v) is 5.19. The molecule has 2 N–H and O–H groups in total. The van der Waals surface area contributed by atoms with Gasteiger partial charge >= 0.3 is 0 Å². The monoisotopic (exact) mass is 634 g/mol. The highest BCUT2D eigenvalue weighted by Crippen LogP contribution is 2.10. The molecule has 250 valence electrons. The second kappa shape index (κ2) is 24.6. The molecule has 1 aromatic heterocycles. The smallest absolute Gasteiger partial charge is 0.243 e. The van der Waals surface area contributed by atoms with Crippen molar-refractivity contribution in [3.05, 3.63) is 48.5 Å². The van der Waals surface area contributed by atoms with Crippen molar-refractivity contribution < 1.29 is 27.1 Å². The van der Waals surface area contributed by atoms with Crippen LogP contribution in [0.5, 0.6) is 0 Å². The summed E-state index contributed by atoms with van der Waals surface area (Å²) >= 11 is 0. The SMILES string of the molecule is CCCCCCCCCC(=O)NCCn1cc[n+](CCNC(=O)CCCCCCCCC)c1.Cc1ccc(S(=O)(=O)[O-])cc1. The van der Waals surface area contributed by atoms with Crippen molar-refractivity contribution in [1.29, 1.82) is 0 Å². The molecule has 0 saturated carbocycles. The van der Waals surface area contributed by atoms with Crippen molar-refractivity contribution >= 4 is 21.9 Å². The quantitative estimate of drug-likeness (QED) is 0.0857. The second-order valence-corrected chi connectivity index (χ2v) is 13.0. The minimum atomic E-state index is -4.27. The normalized spacial score (nSPS) is 11.1. The molecule has 44 heavy (non-hydrogen) atoms. The van der Waals surface area contributed by atoms with Crippen molar-refractivity contribution in [1.82, 2.24) is 15.2 Å². The highest BCUT2D eigenvalue weighted by Gasteiger charge is 2.07. The lowest BCUT2D eigenvalue weighted by atomic mass is 10.1. The summed E-state index contributed by atoms with van der Waals surface area (Å²) in [4.78, 5) is 23.8. The lowest BCUT2D eigenvalue weighted by molar-refractivity contribution is -0.694. The van der Waals surface area contributed by atoms with Crippen molar-refractivity contribution in [2.45, 2.75) is 141 Å². The lowest BCUT2D eigenvalue weighted by Crippen LogP contribution is -2.39. The van der Waals surface area contributed by atoms with E-state index in [9.17, 15) is 22.6 Å². The molecule has 9 nitrogen and oxygen atoms in total. The summed E-state index contributed by atoms with van der Waals surface area (Å²) in [6.45, 7) is 9.12. The fourth-order valence-electron chi connectivity index (χ4n) is 4.72. The number of aryl methyl sites for hydroxylation is 1. The summed E-state index contributed by atoms with van der Waals surface area (Å²) in [6.07, 6.45) is 24.6. The van der Waals surface area contributed by atoms with Gasteiger partial charge in [0.05, 0.1) is 18.0 Å². The molecule has 0 bridgehead atoms. The van der Waals surface area contributed by atoms with Crippen LogP contribution in [0, 0.1) is 6.92 Å². The maximum absolute atomic E-state index is 12.0. The third-order valence-electron chi connectivity index (χ3n) is 7.46. The molecule has 2 aromatic rings. The van der Waals surface area contributed by atoms with Gasteiger partial charge < -0.3 is 15.2 Å². The molecule has 0 saturated heterocycles. The first-order valence-electron chi connectivity index (χ1n) is 16.8. The van der Waals surface area contributed by atoms with Crippen LogP contribution in [-0.4, -0.2) is 42.4 Å². The summed E-state index contributed by atoms with van der Waals surface area (Å²) in [6, 6.07) is 5.78. The molecule has 2 rings (SSSR count). The fraction of sp³-hybridized carbons (Fsp3) is 0.676. The summed E-state index contributed by atoms with van der Waals surface area (Å²) in [5.74, 6) is 0.319. The Labute approximate surface area is 267 Å². The molecule has 0 aliphatic carbocycles. The Kier molecular flexibility index (Phi) is 22.0. The van der Waals surface area contributed by atoms with Gasteiger partial charge in [0.25, 0.3) is 0 Å². The highest BCUT2D eigenvalue weighted by molar-refractivity contribution is 7.85. The number of carbonyl (C=O) groups excluding carboxylic acids is 2. The number of nitrogens with zero attached hydrogens (tertiary/aromatic N) is 2. The molecular weight excluding hydrogens is 576 g/mol. The van der Waals surface area contributed by atoms with Crippen molar-refractivity contribution in [2.75, 3.05) is 13.1 Å². The Balaban J connectivity index is 0.000000733. The third-order valence-corrected chi connectivity index (χ3v) is 8.30. The van der Waals surface area contributed by atoms with Crippen molar-refractivity contribution in [3.63, 3.8) is 0 Å². The minimum absolute atomic E-state index is 0.160. The van der Waals surface area contributed by atoms with Crippen molar-refractivity contribution in [2.24, 2.45) is 0 Å². The van der Waals surface area contributed by atoms with E-state index < -0.39 is 10.1 Å². The number of carbonyl (C=O) groups is 2. The second-order valence-electron chi connectivity index (χ2n) is 11.6. The van der Waals surface area contributed by atoms with Crippen LogP contribution in [0.2, 0.25) is 0 Å². The van der Waals surface area contributed by atoms with E-state index in [1.807, 2.05) is 25.6 Å². The van der Waals surface area contributed by atoms with Gasteiger partial charge in [-0.1, -0.05) is 109 Å². The largest absolute Gasteiger partial charge is 0.744 e. The predicted octanol–water partition coefficient (Wildman–Crippen LogP) is 6.19.